The maximum Gasteiger partial charge on any atom is 0.264 e. The minimum absolute atomic E-state index is 0.381. The summed E-state index contributed by atoms with van der Waals surface area (Å²) in [6.07, 6.45) is 10.5. The van der Waals surface area contributed by atoms with Crippen LogP contribution in [0.5, 0.6) is 0 Å². The van der Waals surface area contributed by atoms with Crippen LogP contribution in [-0.4, -0.2) is 49.4 Å². The minimum atomic E-state index is -3.39. The molecule has 10 nitrogen and oxygen atoms in total. The smallest absolute Gasteiger partial charge is 0.264 e. The Morgan fingerprint density at radius 2 is 0.857 bits per heavy atom. The van der Waals surface area contributed by atoms with Crippen molar-refractivity contribution in [3.05, 3.63) is 90.3 Å². The molecule has 3 aromatic heterocycles. The molecule has 0 fully saturated rings. The molecular formula is C23H31N3O7S2. The van der Waals surface area contributed by atoms with Crippen molar-refractivity contribution >= 4 is 20.2 Å². The third kappa shape index (κ3) is 14.3. The number of nitrogens with zero attached hydrogens (tertiary/aromatic N) is 3. The van der Waals surface area contributed by atoms with E-state index >= 15 is 0 Å². The normalized spacial score (nSPS) is 13.8. The van der Waals surface area contributed by atoms with Gasteiger partial charge in [-0.25, -0.2) is 0 Å². The third-order valence-corrected chi connectivity index (χ3v) is 5.45. The third-order valence-electron chi connectivity index (χ3n) is 4.18. The number of rotatable bonds is 7. The number of hydrogen-bond acceptors (Lipinski definition) is 10. The van der Waals surface area contributed by atoms with Gasteiger partial charge in [-0.15, -0.1) is 0 Å². The molecule has 0 unspecified atom stereocenters. The van der Waals surface area contributed by atoms with Gasteiger partial charge in [-0.2, -0.15) is 16.8 Å². The Labute approximate surface area is 207 Å². The summed E-state index contributed by atoms with van der Waals surface area (Å²) in [6.45, 7) is 5.09. The first-order chi connectivity index (χ1) is 16.3. The van der Waals surface area contributed by atoms with Crippen LogP contribution in [-0.2, 0) is 28.6 Å². The topological polar surface area (TPSA) is 146 Å². The molecule has 0 aliphatic rings. The highest BCUT2D eigenvalue weighted by Crippen LogP contribution is 2.17. The SMILES string of the molecule is C[C@@H](O)c1ccncc1.C[C@@H](OS(C)(=O)=O)c1ccncc1.C[C@H](OS(C)(=O)=O)c1ccncc1. The summed E-state index contributed by atoms with van der Waals surface area (Å²) in [6, 6.07) is 10.5. The van der Waals surface area contributed by atoms with E-state index in [1.807, 2.05) is 0 Å². The van der Waals surface area contributed by atoms with Gasteiger partial charge in [-0.1, -0.05) is 0 Å². The molecule has 0 aliphatic heterocycles. The summed E-state index contributed by atoms with van der Waals surface area (Å²) in [4.78, 5) is 11.5. The first-order valence-electron chi connectivity index (χ1n) is 10.4. The number of hydrogen-bond donors (Lipinski definition) is 1. The maximum atomic E-state index is 10.8. The van der Waals surface area contributed by atoms with Gasteiger partial charge in [-0.3, -0.25) is 23.3 Å². The fourth-order valence-corrected chi connectivity index (χ4v) is 3.82. The van der Waals surface area contributed by atoms with Gasteiger partial charge < -0.3 is 5.11 Å². The molecule has 3 atom stereocenters. The Hall–Kier alpha value is -2.77. The molecule has 3 rings (SSSR count). The lowest BCUT2D eigenvalue weighted by Gasteiger charge is -2.10. The lowest BCUT2D eigenvalue weighted by Crippen LogP contribution is -2.07. The Morgan fingerprint density at radius 3 is 1.06 bits per heavy atom. The van der Waals surface area contributed by atoms with Crippen LogP contribution in [0.25, 0.3) is 0 Å². The number of pyridine rings is 3. The predicted octanol–water partition coefficient (Wildman–Crippen LogP) is 3.37. The first-order valence-corrected chi connectivity index (χ1v) is 14.1. The van der Waals surface area contributed by atoms with Crippen molar-refractivity contribution in [1.29, 1.82) is 0 Å². The molecule has 0 bridgehead atoms. The Balaban J connectivity index is 0.000000267. The molecule has 0 saturated carbocycles. The van der Waals surface area contributed by atoms with E-state index in [-0.39, 0.29) is 6.10 Å². The largest absolute Gasteiger partial charge is 0.389 e. The van der Waals surface area contributed by atoms with Crippen LogP contribution in [0.4, 0.5) is 0 Å². The van der Waals surface area contributed by atoms with Gasteiger partial charge in [0.25, 0.3) is 20.2 Å². The molecule has 3 heterocycles. The number of aliphatic hydroxyl groups is 1. The van der Waals surface area contributed by atoms with Gasteiger partial charge in [0.2, 0.25) is 0 Å². The van der Waals surface area contributed by atoms with Crippen molar-refractivity contribution in [2.24, 2.45) is 0 Å². The van der Waals surface area contributed by atoms with E-state index in [2.05, 4.69) is 15.0 Å². The van der Waals surface area contributed by atoms with E-state index < -0.39 is 32.4 Å². The molecule has 35 heavy (non-hydrogen) atoms. The summed E-state index contributed by atoms with van der Waals surface area (Å²) >= 11 is 0. The van der Waals surface area contributed by atoms with Crippen LogP contribution in [0.1, 0.15) is 55.8 Å². The molecule has 0 amide bonds. The lowest BCUT2D eigenvalue weighted by atomic mass is 10.2. The second-order valence-electron chi connectivity index (χ2n) is 7.40. The average molecular weight is 526 g/mol. The number of aromatic nitrogens is 3. The van der Waals surface area contributed by atoms with E-state index in [0.29, 0.717) is 0 Å². The second-order valence-corrected chi connectivity index (χ2v) is 10.6. The van der Waals surface area contributed by atoms with E-state index in [1.165, 1.54) is 0 Å². The molecule has 0 aromatic carbocycles. The summed E-state index contributed by atoms with van der Waals surface area (Å²) in [7, 11) is -6.78. The Kier molecular flexibility index (Phi) is 12.6. The highest BCUT2D eigenvalue weighted by Gasteiger charge is 2.12. The minimum Gasteiger partial charge on any atom is -0.389 e. The zero-order chi connectivity index (χ0) is 26.5. The van der Waals surface area contributed by atoms with Gasteiger partial charge in [-0.05, 0) is 73.9 Å². The molecule has 1 N–H and O–H groups in total. The van der Waals surface area contributed by atoms with Gasteiger partial charge in [0.05, 0.1) is 30.8 Å². The predicted molar refractivity (Wildman–Crippen MR) is 132 cm³/mol. The van der Waals surface area contributed by atoms with Crippen molar-refractivity contribution in [3.8, 4) is 0 Å². The van der Waals surface area contributed by atoms with Gasteiger partial charge >= 0.3 is 0 Å². The van der Waals surface area contributed by atoms with Gasteiger partial charge in [0, 0.05) is 37.2 Å². The van der Waals surface area contributed by atoms with Crippen LogP contribution < -0.4 is 0 Å². The highest BCUT2D eigenvalue weighted by atomic mass is 32.2. The summed E-state index contributed by atoms with van der Waals surface area (Å²) in [5.74, 6) is 0. The second kappa shape index (κ2) is 14.6. The van der Waals surface area contributed by atoms with Gasteiger partial charge in [0.15, 0.2) is 0 Å². The number of aliphatic hydroxyl groups excluding tert-OH is 1. The van der Waals surface area contributed by atoms with E-state index in [0.717, 1.165) is 29.2 Å². The molecule has 12 heteroatoms. The Morgan fingerprint density at radius 1 is 0.600 bits per heavy atom. The molecule has 0 saturated heterocycles. The fourth-order valence-electron chi connectivity index (χ4n) is 2.55. The fraction of sp³-hybridized carbons (Fsp3) is 0.348. The molecule has 192 valence electrons. The van der Waals surface area contributed by atoms with E-state index in [9.17, 15) is 16.8 Å². The monoisotopic (exact) mass is 525 g/mol. The Bertz CT molecular complexity index is 1120. The van der Waals surface area contributed by atoms with Crippen molar-refractivity contribution < 1.29 is 30.3 Å². The summed E-state index contributed by atoms with van der Waals surface area (Å²) < 4.78 is 52.6. The van der Waals surface area contributed by atoms with Crippen molar-refractivity contribution in [2.75, 3.05) is 12.5 Å². The average Bonchev–Trinajstić information content (AvgIpc) is 2.79. The van der Waals surface area contributed by atoms with E-state index in [4.69, 9.17) is 13.5 Å². The highest BCUT2D eigenvalue weighted by molar-refractivity contribution is 7.86. The van der Waals surface area contributed by atoms with Crippen LogP contribution >= 0.6 is 0 Å². The zero-order valence-electron chi connectivity index (χ0n) is 20.2. The van der Waals surface area contributed by atoms with Crippen LogP contribution in [0.2, 0.25) is 0 Å². The van der Waals surface area contributed by atoms with Gasteiger partial charge in [0.1, 0.15) is 0 Å². The maximum absolute atomic E-state index is 10.8. The molecule has 0 spiro atoms. The van der Waals surface area contributed by atoms with E-state index in [1.54, 1.807) is 94.4 Å². The van der Waals surface area contributed by atoms with Crippen LogP contribution in [0, 0.1) is 0 Å². The van der Waals surface area contributed by atoms with Crippen LogP contribution in [0.15, 0.2) is 73.6 Å². The first kappa shape index (κ1) is 30.3. The van der Waals surface area contributed by atoms with Crippen molar-refractivity contribution in [3.63, 3.8) is 0 Å². The molecule has 0 radical (unpaired) electrons. The van der Waals surface area contributed by atoms with Crippen LogP contribution in [0.3, 0.4) is 0 Å². The standard InChI is InChI=1S/2C8H11NO3S.C7H9NO/c2*1-7(12-13(2,10)11)8-3-5-9-6-4-8;1-6(9)7-2-4-8-5-3-7/h2*3-7H,1-2H3;2-6,9H,1H3/t2*7-;6-/m101/s1. The quantitative estimate of drug-likeness (QED) is 0.456. The van der Waals surface area contributed by atoms with Crippen molar-refractivity contribution in [2.45, 2.75) is 39.1 Å². The molecular weight excluding hydrogens is 494 g/mol. The molecule has 3 aromatic rings. The molecule has 0 aliphatic carbocycles. The summed E-state index contributed by atoms with van der Waals surface area (Å²) in [5, 5.41) is 9.00. The lowest BCUT2D eigenvalue weighted by molar-refractivity contribution is 0.199. The van der Waals surface area contributed by atoms with Crippen molar-refractivity contribution in [1.82, 2.24) is 15.0 Å². The summed E-state index contributed by atoms with van der Waals surface area (Å²) in [5.41, 5.74) is 2.49. The zero-order valence-corrected chi connectivity index (χ0v) is 21.8.